The molecule has 2 aliphatic rings. The van der Waals surface area contributed by atoms with Crippen LogP contribution in [0.1, 0.15) is 38.7 Å². The van der Waals surface area contributed by atoms with E-state index in [1.807, 2.05) is 36.4 Å². The van der Waals surface area contributed by atoms with Crippen LogP contribution in [0.25, 0.3) is 0 Å². The SMILES string of the molecule is COc1ccc(CC(=O)N2CCC[C@H]3[C@@H]2CC(C)(C)N3c2ccc(F)cc2)cc1. The van der Waals surface area contributed by atoms with E-state index in [1.54, 1.807) is 7.11 Å². The molecule has 2 aliphatic heterocycles. The zero-order chi connectivity index (χ0) is 20.6. The average Bonchev–Trinajstić information content (AvgIpc) is 2.99. The van der Waals surface area contributed by atoms with E-state index in [0.717, 1.165) is 42.8 Å². The number of rotatable bonds is 4. The molecule has 29 heavy (non-hydrogen) atoms. The van der Waals surface area contributed by atoms with Gasteiger partial charge in [-0.2, -0.15) is 0 Å². The van der Waals surface area contributed by atoms with E-state index < -0.39 is 0 Å². The predicted octanol–water partition coefficient (Wildman–Crippen LogP) is 4.43. The summed E-state index contributed by atoms with van der Waals surface area (Å²) in [7, 11) is 1.64. The number of nitrogens with zero attached hydrogens (tertiary/aromatic N) is 2. The van der Waals surface area contributed by atoms with Crippen molar-refractivity contribution in [3.63, 3.8) is 0 Å². The van der Waals surface area contributed by atoms with E-state index in [2.05, 4.69) is 23.6 Å². The van der Waals surface area contributed by atoms with E-state index in [4.69, 9.17) is 4.74 Å². The Morgan fingerprint density at radius 2 is 1.79 bits per heavy atom. The van der Waals surface area contributed by atoms with Crippen molar-refractivity contribution in [2.45, 2.75) is 57.2 Å². The smallest absolute Gasteiger partial charge is 0.227 e. The lowest BCUT2D eigenvalue weighted by atomic mass is 9.93. The Bertz CT molecular complexity index is 863. The van der Waals surface area contributed by atoms with E-state index >= 15 is 0 Å². The van der Waals surface area contributed by atoms with Crippen LogP contribution in [0.5, 0.6) is 5.75 Å². The zero-order valence-electron chi connectivity index (χ0n) is 17.4. The molecule has 5 heteroatoms. The highest BCUT2D eigenvalue weighted by Gasteiger charge is 2.50. The number of anilines is 1. The molecule has 2 fully saturated rings. The van der Waals surface area contributed by atoms with Crippen LogP contribution in [0, 0.1) is 5.82 Å². The zero-order valence-corrected chi connectivity index (χ0v) is 17.4. The minimum atomic E-state index is -0.220. The van der Waals surface area contributed by atoms with Crippen molar-refractivity contribution in [2.75, 3.05) is 18.6 Å². The summed E-state index contributed by atoms with van der Waals surface area (Å²) in [6.45, 7) is 5.26. The van der Waals surface area contributed by atoms with Crippen molar-refractivity contribution in [1.29, 1.82) is 0 Å². The Labute approximate surface area is 172 Å². The third kappa shape index (κ3) is 3.83. The summed E-state index contributed by atoms with van der Waals surface area (Å²) < 4.78 is 18.6. The van der Waals surface area contributed by atoms with Gasteiger partial charge in [-0.1, -0.05) is 12.1 Å². The minimum Gasteiger partial charge on any atom is -0.497 e. The van der Waals surface area contributed by atoms with Crippen molar-refractivity contribution in [3.05, 3.63) is 59.9 Å². The lowest BCUT2D eigenvalue weighted by molar-refractivity contribution is -0.134. The Hall–Kier alpha value is -2.56. The average molecular weight is 397 g/mol. The van der Waals surface area contributed by atoms with Gasteiger partial charge >= 0.3 is 0 Å². The van der Waals surface area contributed by atoms with Crippen molar-refractivity contribution in [1.82, 2.24) is 4.90 Å². The fraction of sp³-hybridized carbons (Fsp3) is 0.458. The van der Waals surface area contributed by atoms with Gasteiger partial charge in [0.25, 0.3) is 0 Å². The first-order valence-electron chi connectivity index (χ1n) is 10.4. The Balaban J connectivity index is 1.54. The molecule has 0 aliphatic carbocycles. The molecule has 0 aromatic heterocycles. The molecule has 4 nitrogen and oxygen atoms in total. The van der Waals surface area contributed by atoms with Gasteiger partial charge in [0, 0.05) is 17.8 Å². The lowest BCUT2D eigenvalue weighted by Gasteiger charge is -2.42. The van der Waals surface area contributed by atoms with Crippen LogP contribution in [-0.4, -0.2) is 42.1 Å². The van der Waals surface area contributed by atoms with E-state index in [-0.39, 0.29) is 29.3 Å². The molecule has 2 atom stereocenters. The molecule has 2 aromatic rings. The minimum absolute atomic E-state index is 0.0872. The summed E-state index contributed by atoms with van der Waals surface area (Å²) in [4.78, 5) is 17.7. The molecular formula is C24H29FN2O2. The maximum atomic E-state index is 13.4. The number of carbonyl (C=O) groups excluding carboxylic acids is 1. The number of benzene rings is 2. The monoisotopic (exact) mass is 396 g/mol. The van der Waals surface area contributed by atoms with Gasteiger partial charge in [-0.05, 0) is 75.1 Å². The van der Waals surface area contributed by atoms with Gasteiger partial charge in [0.05, 0.1) is 25.6 Å². The van der Waals surface area contributed by atoms with Crippen molar-refractivity contribution < 1.29 is 13.9 Å². The van der Waals surface area contributed by atoms with Gasteiger partial charge in [-0.15, -0.1) is 0 Å². The molecule has 154 valence electrons. The standard InChI is InChI=1S/C24H29FN2O2/c1-24(2)16-22-21(27(24)19-10-8-18(25)9-11-19)5-4-14-26(22)23(28)15-17-6-12-20(29-3)13-7-17/h6-13,21-22H,4-5,14-16H2,1-3H3/t21-,22-/m0/s1. The van der Waals surface area contributed by atoms with Crippen LogP contribution in [0.4, 0.5) is 10.1 Å². The van der Waals surface area contributed by atoms with Crippen LogP contribution in [0.15, 0.2) is 48.5 Å². The van der Waals surface area contributed by atoms with Crippen LogP contribution >= 0.6 is 0 Å². The van der Waals surface area contributed by atoms with Gasteiger partial charge < -0.3 is 14.5 Å². The molecule has 0 saturated carbocycles. The first-order chi connectivity index (χ1) is 13.9. The fourth-order valence-corrected chi connectivity index (χ4v) is 5.12. The summed E-state index contributed by atoms with van der Waals surface area (Å²) in [6.07, 6.45) is 3.37. The second-order valence-electron chi connectivity index (χ2n) is 8.75. The molecule has 0 N–H and O–H groups in total. The van der Waals surface area contributed by atoms with E-state index in [1.165, 1.54) is 12.1 Å². The number of hydrogen-bond donors (Lipinski definition) is 0. The molecule has 0 bridgehead atoms. The van der Waals surface area contributed by atoms with Crippen LogP contribution in [-0.2, 0) is 11.2 Å². The third-order valence-electron chi connectivity index (χ3n) is 6.38. The Kier molecular flexibility index (Phi) is 5.24. The third-order valence-corrected chi connectivity index (χ3v) is 6.38. The maximum Gasteiger partial charge on any atom is 0.227 e. The Morgan fingerprint density at radius 1 is 1.10 bits per heavy atom. The van der Waals surface area contributed by atoms with Crippen molar-refractivity contribution in [2.24, 2.45) is 0 Å². The number of ether oxygens (including phenoxy) is 1. The van der Waals surface area contributed by atoms with Crippen LogP contribution in [0.2, 0.25) is 0 Å². The number of hydrogen-bond acceptors (Lipinski definition) is 3. The highest BCUT2D eigenvalue weighted by molar-refractivity contribution is 5.79. The number of halogens is 1. The molecular weight excluding hydrogens is 367 g/mol. The fourth-order valence-electron chi connectivity index (χ4n) is 5.12. The second kappa shape index (κ2) is 7.69. The molecule has 0 unspecified atom stereocenters. The summed E-state index contributed by atoms with van der Waals surface area (Å²) in [5.74, 6) is 0.760. The number of fused-ring (bicyclic) bond motifs is 1. The molecule has 2 aromatic carbocycles. The normalized spacial score (nSPS) is 23.0. The van der Waals surface area contributed by atoms with E-state index in [9.17, 15) is 9.18 Å². The quantitative estimate of drug-likeness (QED) is 0.767. The predicted molar refractivity (Wildman–Crippen MR) is 113 cm³/mol. The summed E-state index contributed by atoms with van der Waals surface area (Å²) in [5.41, 5.74) is 1.95. The highest BCUT2D eigenvalue weighted by Crippen LogP contribution is 2.43. The van der Waals surface area contributed by atoms with Gasteiger partial charge in [0.2, 0.25) is 5.91 Å². The molecule has 2 heterocycles. The van der Waals surface area contributed by atoms with Crippen molar-refractivity contribution >= 4 is 11.6 Å². The molecule has 0 radical (unpaired) electrons. The number of piperidine rings is 1. The van der Waals surface area contributed by atoms with Crippen LogP contribution < -0.4 is 9.64 Å². The molecule has 0 spiro atoms. The number of likely N-dealkylation sites (tertiary alicyclic amines) is 1. The Morgan fingerprint density at radius 3 is 2.45 bits per heavy atom. The highest BCUT2D eigenvalue weighted by atomic mass is 19.1. The first-order valence-corrected chi connectivity index (χ1v) is 10.4. The maximum absolute atomic E-state index is 13.4. The van der Waals surface area contributed by atoms with Crippen LogP contribution in [0.3, 0.4) is 0 Å². The number of methoxy groups -OCH3 is 1. The topological polar surface area (TPSA) is 32.8 Å². The largest absolute Gasteiger partial charge is 0.497 e. The molecule has 1 amide bonds. The van der Waals surface area contributed by atoms with E-state index in [0.29, 0.717) is 6.42 Å². The summed E-state index contributed by atoms with van der Waals surface area (Å²) in [5, 5.41) is 0. The summed E-state index contributed by atoms with van der Waals surface area (Å²) in [6, 6.07) is 14.9. The summed E-state index contributed by atoms with van der Waals surface area (Å²) >= 11 is 0. The number of carbonyl (C=O) groups is 1. The number of amides is 1. The van der Waals surface area contributed by atoms with Gasteiger partial charge in [-0.3, -0.25) is 4.79 Å². The second-order valence-corrected chi connectivity index (χ2v) is 8.75. The first kappa shape index (κ1) is 19.7. The molecule has 2 saturated heterocycles. The molecule has 4 rings (SSSR count). The van der Waals surface area contributed by atoms with Gasteiger partial charge in [0.1, 0.15) is 11.6 Å². The van der Waals surface area contributed by atoms with Crippen molar-refractivity contribution in [3.8, 4) is 5.75 Å². The van der Waals surface area contributed by atoms with Gasteiger partial charge in [0.15, 0.2) is 0 Å². The lowest BCUT2D eigenvalue weighted by Crippen LogP contribution is -2.53. The van der Waals surface area contributed by atoms with Gasteiger partial charge in [-0.25, -0.2) is 4.39 Å².